The number of hydrogen-bond donors (Lipinski definition) is 4. The Kier molecular flexibility index (Phi) is 26.4. The summed E-state index contributed by atoms with van der Waals surface area (Å²) < 4.78 is 10.1. The molecule has 0 amide bonds. The van der Waals surface area contributed by atoms with Crippen molar-refractivity contribution >= 4 is 112 Å². The number of halogens is 3. The minimum atomic E-state index is -0.783. The number of Topliss-reactive ketones (excluding diaryl/α,β-unsaturated/α-hetero) is 2. The zero-order chi connectivity index (χ0) is 63.4. The van der Waals surface area contributed by atoms with E-state index in [9.17, 15) is 48.9 Å². The number of rotatable bonds is 15. The predicted molar refractivity (Wildman–Crippen MR) is 327 cm³/mol. The van der Waals surface area contributed by atoms with Crippen LogP contribution in [0.1, 0.15) is 118 Å². The highest BCUT2D eigenvalue weighted by Gasteiger charge is 2.34. The highest BCUT2D eigenvalue weighted by atomic mass is 35.5. The Morgan fingerprint density at radius 3 is 0.773 bits per heavy atom. The van der Waals surface area contributed by atoms with Gasteiger partial charge in [0.15, 0.2) is 0 Å². The van der Waals surface area contributed by atoms with E-state index in [0.29, 0.717) is 153 Å². The third kappa shape index (κ3) is 20.2. The van der Waals surface area contributed by atoms with E-state index < -0.39 is 17.9 Å². The monoisotopic (exact) mass is 1290 g/mol. The lowest BCUT2D eigenvalue weighted by Gasteiger charge is -2.35. The molecule has 4 N–H and O–H groups in total. The van der Waals surface area contributed by atoms with E-state index in [1.165, 1.54) is 0 Å². The van der Waals surface area contributed by atoms with Crippen LogP contribution in [0.4, 0.5) is 35.7 Å². The molecule has 0 atom stereocenters. The highest BCUT2D eigenvalue weighted by molar-refractivity contribution is 6.33. The van der Waals surface area contributed by atoms with Crippen LogP contribution in [0.15, 0.2) is 0 Å². The molecule has 0 aromatic carbocycles. The molecule has 0 bridgehead atoms. The summed E-state index contributed by atoms with van der Waals surface area (Å²) in [6.07, 6.45) is 9.59. The second-order valence-electron chi connectivity index (χ2n) is 22.9. The summed E-state index contributed by atoms with van der Waals surface area (Å²) in [5, 5.41) is 31.1. The number of hydrogen-bond acceptors (Lipinski definition) is 25. The van der Waals surface area contributed by atoms with Crippen LogP contribution in [0.2, 0.25) is 15.9 Å². The molecular weight excluding hydrogens is 1210 g/mol. The topological polar surface area (TPSA) is 346 Å². The molecule has 10 rings (SSSR count). The number of ether oxygens (including phenoxy) is 2. The smallest absolute Gasteiger partial charge is 0.309 e. The molecule has 7 saturated heterocycles. The summed E-state index contributed by atoms with van der Waals surface area (Å²) in [4.78, 5) is 132. The molecule has 0 saturated carbocycles. The van der Waals surface area contributed by atoms with Crippen LogP contribution in [-0.4, -0.2) is 206 Å². The van der Waals surface area contributed by atoms with Crippen molar-refractivity contribution in [3.05, 3.63) is 15.9 Å². The van der Waals surface area contributed by atoms with Gasteiger partial charge < -0.3 is 59.5 Å². The normalized spacial score (nSPS) is 19.7. The molecule has 0 aliphatic carbocycles. The number of nitrogens with one attached hydrogen (secondary N) is 1. The molecule has 31 heteroatoms. The van der Waals surface area contributed by atoms with E-state index >= 15 is 0 Å². The Labute approximate surface area is 527 Å². The highest BCUT2D eigenvalue weighted by Crippen LogP contribution is 2.32. The zero-order valence-electron chi connectivity index (χ0n) is 50.6. The van der Waals surface area contributed by atoms with E-state index in [1.54, 1.807) is 13.8 Å². The van der Waals surface area contributed by atoms with E-state index in [4.69, 9.17) is 59.2 Å². The van der Waals surface area contributed by atoms with Crippen molar-refractivity contribution in [3.63, 3.8) is 0 Å². The van der Waals surface area contributed by atoms with Gasteiger partial charge in [-0.05, 0) is 165 Å². The summed E-state index contributed by atoms with van der Waals surface area (Å²) in [7, 11) is 0. The zero-order valence-corrected chi connectivity index (χ0v) is 52.9. The fraction of sp³-hybridized carbons (Fsp3) is 0.719. The number of esters is 2. The van der Waals surface area contributed by atoms with Crippen LogP contribution in [-0.2, 0) is 43.0 Å². The van der Waals surface area contributed by atoms with Crippen molar-refractivity contribution in [2.75, 3.05) is 134 Å². The van der Waals surface area contributed by atoms with Gasteiger partial charge in [-0.15, -0.1) is 0 Å². The van der Waals surface area contributed by atoms with Gasteiger partial charge in [-0.1, -0.05) is 0 Å². The Morgan fingerprint density at radius 1 is 0.364 bits per heavy atom. The molecule has 28 nitrogen and oxygen atoms in total. The largest absolute Gasteiger partial charge is 0.481 e. The first-order valence-electron chi connectivity index (χ1n) is 30.7. The Balaban J connectivity index is 0.000000191. The van der Waals surface area contributed by atoms with Crippen LogP contribution >= 0.6 is 34.8 Å². The van der Waals surface area contributed by atoms with Crippen molar-refractivity contribution in [1.29, 1.82) is 0 Å². The number of aliphatic carboxylic acids is 3. The van der Waals surface area contributed by atoms with Crippen molar-refractivity contribution in [3.8, 4) is 0 Å². The molecule has 3 aromatic rings. The molecule has 88 heavy (non-hydrogen) atoms. The maximum atomic E-state index is 12.2. The van der Waals surface area contributed by atoms with Gasteiger partial charge in [0.05, 0.1) is 42.8 Å². The second-order valence-corrected chi connectivity index (χ2v) is 24.0. The average molecular weight is 1290 g/mol. The molecule has 7 fully saturated rings. The first-order valence-corrected chi connectivity index (χ1v) is 31.8. The molecule has 7 aliphatic rings. The van der Waals surface area contributed by atoms with Gasteiger partial charge in [0.25, 0.3) is 0 Å². The summed E-state index contributed by atoms with van der Waals surface area (Å²) in [5.74, 6) is 0.580. The predicted octanol–water partition coefficient (Wildman–Crippen LogP) is 5.42. The van der Waals surface area contributed by atoms with Gasteiger partial charge in [0, 0.05) is 90.4 Å². The van der Waals surface area contributed by atoms with Gasteiger partial charge in [0.1, 0.15) is 11.6 Å². The minimum Gasteiger partial charge on any atom is -0.481 e. The van der Waals surface area contributed by atoms with Crippen molar-refractivity contribution in [1.82, 2.24) is 50.2 Å². The van der Waals surface area contributed by atoms with Crippen molar-refractivity contribution in [2.24, 2.45) is 41.4 Å². The number of piperidine rings is 7. The minimum absolute atomic E-state index is 0.000000000000000444. The molecular formula is C57H83Cl3N16O12. The molecule has 3 aromatic heterocycles. The van der Waals surface area contributed by atoms with Crippen LogP contribution in [0.25, 0.3) is 0 Å². The number of nitrogens with zero attached hydrogens (tertiary/aromatic N) is 15. The maximum absolute atomic E-state index is 12.2. The van der Waals surface area contributed by atoms with Gasteiger partial charge >= 0.3 is 29.8 Å². The van der Waals surface area contributed by atoms with Crippen LogP contribution in [0.5, 0.6) is 0 Å². The summed E-state index contributed by atoms with van der Waals surface area (Å²) in [6.45, 7) is 17.3. The summed E-state index contributed by atoms with van der Waals surface area (Å²) >= 11 is 16.0. The number of anilines is 6. The molecule has 0 unspecified atom stereocenters. The molecule has 10 heterocycles. The Hall–Kier alpha value is -6.65. The van der Waals surface area contributed by atoms with Crippen LogP contribution in [0.3, 0.4) is 0 Å². The quantitative estimate of drug-likeness (QED) is 0.138. The Morgan fingerprint density at radius 2 is 0.568 bits per heavy atom. The number of carbonyl (C=O) groups is 7. The molecule has 7 aliphatic heterocycles. The second kappa shape index (κ2) is 33.8. The van der Waals surface area contributed by atoms with E-state index in [0.717, 1.165) is 77.8 Å². The summed E-state index contributed by atoms with van der Waals surface area (Å²) in [6, 6.07) is 0. The third-order valence-electron chi connectivity index (χ3n) is 17.2. The lowest BCUT2D eigenvalue weighted by atomic mass is 9.93. The van der Waals surface area contributed by atoms with Crippen molar-refractivity contribution in [2.45, 2.75) is 118 Å². The molecule has 0 spiro atoms. The van der Waals surface area contributed by atoms with Crippen LogP contribution in [0, 0.1) is 41.4 Å². The van der Waals surface area contributed by atoms with E-state index in [2.05, 4.69) is 49.9 Å². The number of ketones is 2. The summed E-state index contributed by atoms with van der Waals surface area (Å²) in [5.41, 5.74) is 0. The third-order valence-corrected chi connectivity index (χ3v) is 17.7. The number of carbonyl (C=O) groups excluding carboxylic acids is 4. The molecule has 0 radical (unpaired) electrons. The van der Waals surface area contributed by atoms with Gasteiger partial charge in [-0.2, -0.15) is 44.9 Å². The number of carboxylic acids is 3. The van der Waals surface area contributed by atoms with Gasteiger partial charge in [-0.25, -0.2) is 0 Å². The lowest BCUT2D eigenvalue weighted by molar-refractivity contribution is -0.149. The maximum Gasteiger partial charge on any atom is 0.309 e. The fourth-order valence-corrected chi connectivity index (χ4v) is 12.3. The lowest BCUT2D eigenvalue weighted by Crippen LogP contribution is -2.41. The number of carboxylic acid groups (broad SMARTS) is 3. The van der Waals surface area contributed by atoms with E-state index in [1.807, 2.05) is 28.5 Å². The first kappa shape index (κ1) is 68.8. The standard InChI is InChI=1S/C25H38N6O4.C21H30N6O6.C8H15NO2.C3Cl3N3/c1-4-35-22(34)21-9-15-31(16-10-21)25-27-23(29-11-5-19(6-12-29)17(2)32)26-24(28-25)30-13-7-20(8-14-30)18(3)33;28-16(29)13-1-7-25(8-2-13)19-22-20(26-9-3-14(4-10-26)17(30)31)24-21(23-19)27-11-5-15(6-12-27)18(32)33;1-2-11-8(10)7-3-5-9-6-4-7;4-1-7-2(5)9-3(6)8-1/h19-21H,4-16H2,1-3H3;13-15H,1-12H2,(H,28,29)(H,30,31)(H,32,33);7,9H,2-6H2,1H3;. The van der Waals surface area contributed by atoms with E-state index in [-0.39, 0.29) is 80.8 Å². The average Bonchev–Trinajstić information content (AvgIpc) is 2.93. The molecule has 484 valence electrons. The van der Waals surface area contributed by atoms with Crippen molar-refractivity contribution < 1.29 is 58.4 Å². The SMILES string of the molecule is CCOC(=O)C1CCN(c2nc(N3CCC(C(C)=O)CC3)nc(N3CCC(C(C)=O)CC3)n2)CC1.CCOC(=O)C1CCNCC1.Clc1nc(Cl)nc(Cl)n1.O=C(O)C1CCN(c2nc(N3CCC(C(=O)O)CC3)nc(N3CCC(C(=O)O)CC3)n2)CC1. The van der Waals surface area contributed by atoms with Gasteiger partial charge in [-0.3, -0.25) is 33.6 Å². The Bertz CT molecular complexity index is 2600. The first-order chi connectivity index (χ1) is 42.2. The van der Waals surface area contributed by atoms with Crippen LogP contribution < -0.4 is 34.7 Å². The number of aromatic nitrogens is 9. The van der Waals surface area contributed by atoms with Gasteiger partial charge in [0.2, 0.25) is 51.5 Å². The fourth-order valence-electron chi connectivity index (χ4n) is 11.7.